The van der Waals surface area contributed by atoms with Crippen LogP contribution in [-0.2, 0) is 6.54 Å². The van der Waals surface area contributed by atoms with E-state index in [0.29, 0.717) is 18.8 Å². The highest BCUT2D eigenvalue weighted by Crippen LogP contribution is 2.16. The first-order chi connectivity index (χ1) is 9.24. The molecule has 0 saturated carbocycles. The first-order valence-electron chi connectivity index (χ1n) is 6.41. The molecule has 0 aliphatic heterocycles. The van der Waals surface area contributed by atoms with Crippen molar-refractivity contribution in [2.75, 3.05) is 7.11 Å². The molecule has 0 unspecified atom stereocenters. The first-order valence-corrected chi connectivity index (χ1v) is 6.41. The van der Waals surface area contributed by atoms with Crippen LogP contribution in [0.25, 0.3) is 0 Å². The van der Waals surface area contributed by atoms with Crippen LogP contribution < -0.4 is 4.74 Å². The highest BCUT2D eigenvalue weighted by atomic mass is 16.5. The highest BCUT2D eigenvalue weighted by molar-refractivity contribution is 5.95. The van der Waals surface area contributed by atoms with Crippen LogP contribution in [0.1, 0.15) is 35.7 Å². The largest absolute Gasteiger partial charge is 0.481 e. The second-order valence-corrected chi connectivity index (χ2v) is 4.42. The van der Waals surface area contributed by atoms with Crippen LogP contribution in [0, 0.1) is 0 Å². The average molecular weight is 258 g/mol. The maximum Gasteiger partial charge on any atom is 0.218 e. The molecule has 2 aromatic rings. The summed E-state index contributed by atoms with van der Waals surface area (Å²) in [7, 11) is 1.61. The van der Waals surface area contributed by atoms with Crippen LogP contribution in [0.3, 0.4) is 0 Å². The van der Waals surface area contributed by atoms with Gasteiger partial charge in [0.25, 0.3) is 0 Å². The van der Waals surface area contributed by atoms with Crippen molar-refractivity contribution in [1.29, 1.82) is 0 Å². The van der Waals surface area contributed by atoms with E-state index in [9.17, 15) is 4.79 Å². The third kappa shape index (κ3) is 3.22. The van der Waals surface area contributed by atoms with Crippen molar-refractivity contribution >= 4 is 5.78 Å². The summed E-state index contributed by atoms with van der Waals surface area (Å²) < 4.78 is 7.19. The topological polar surface area (TPSA) is 44.1 Å². The lowest BCUT2D eigenvalue weighted by Crippen LogP contribution is -2.01. The maximum atomic E-state index is 11.8. The van der Waals surface area contributed by atoms with E-state index >= 15 is 0 Å². The first kappa shape index (κ1) is 13.3. The lowest BCUT2D eigenvalue weighted by molar-refractivity contribution is 0.0981. The van der Waals surface area contributed by atoms with Crippen LogP contribution in [-0.4, -0.2) is 22.4 Å². The van der Waals surface area contributed by atoms with Gasteiger partial charge in [0, 0.05) is 36.1 Å². The third-order valence-electron chi connectivity index (χ3n) is 2.95. The molecule has 0 radical (unpaired) electrons. The van der Waals surface area contributed by atoms with Gasteiger partial charge in [-0.25, -0.2) is 4.98 Å². The van der Waals surface area contributed by atoms with Gasteiger partial charge in [0.15, 0.2) is 5.78 Å². The van der Waals surface area contributed by atoms with E-state index in [1.165, 1.54) is 0 Å². The summed E-state index contributed by atoms with van der Waals surface area (Å²) in [6.45, 7) is 2.66. The standard InChI is InChI=1S/C15H18N2O2/c1-3-5-14(18)12-7-9-17(10-12)11-13-6-4-8-16-15(13)19-2/h4,6-10H,3,5,11H2,1-2H3. The Balaban J connectivity index is 2.13. The molecule has 2 heterocycles. The number of ether oxygens (including phenoxy) is 1. The molecular formula is C15H18N2O2. The molecule has 2 aromatic heterocycles. The normalized spacial score (nSPS) is 10.4. The van der Waals surface area contributed by atoms with Gasteiger partial charge in [-0.1, -0.05) is 13.0 Å². The van der Waals surface area contributed by atoms with Gasteiger partial charge in [-0.3, -0.25) is 4.79 Å². The monoisotopic (exact) mass is 258 g/mol. The van der Waals surface area contributed by atoms with E-state index in [-0.39, 0.29) is 5.78 Å². The fourth-order valence-corrected chi connectivity index (χ4v) is 2.00. The zero-order valence-corrected chi connectivity index (χ0v) is 11.3. The molecule has 0 atom stereocenters. The summed E-state index contributed by atoms with van der Waals surface area (Å²) >= 11 is 0. The maximum absolute atomic E-state index is 11.8. The molecule has 2 rings (SSSR count). The second-order valence-electron chi connectivity index (χ2n) is 4.42. The van der Waals surface area contributed by atoms with E-state index in [4.69, 9.17) is 4.74 Å². The quantitative estimate of drug-likeness (QED) is 0.748. The minimum atomic E-state index is 0.194. The summed E-state index contributed by atoms with van der Waals surface area (Å²) in [6, 6.07) is 5.71. The Morgan fingerprint density at radius 1 is 1.42 bits per heavy atom. The van der Waals surface area contributed by atoms with Crippen molar-refractivity contribution in [3.63, 3.8) is 0 Å². The van der Waals surface area contributed by atoms with E-state index in [1.807, 2.05) is 42.1 Å². The number of hydrogen-bond donors (Lipinski definition) is 0. The van der Waals surface area contributed by atoms with Gasteiger partial charge >= 0.3 is 0 Å². The zero-order valence-electron chi connectivity index (χ0n) is 11.3. The van der Waals surface area contributed by atoms with Gasteiger partial charge in [0.2, 0.25) is 5.88 Å². The van der Waals surface area contributed by atoms with Crippen LogP contribution >= 0.6 is 0 Å². The van der Waals surface area contributed by atoms with E-state index in [2.05, 4.69) is 4.98 Å². The number of hydrogen-bond acceptors (Lipinski definition) is 3. The van der Waals surface area contributed by atoms with E-state index in [0.717, 1.165) is 17.5 Å². The molecule has 0 saturated heterocycles. The van der Waals surface area contributed by atoms with Crippen molar-refractivity contribution in [3.05, 3.63) is 47.9 Å². The van der Waals surface area contributed by atoms with Gasteiger partial charge in [0.1, 0.15) is 0 Å². The molecule has 0 fully saturated rings. The molecule has 0 N–H and O–H groups in total. The number of carbonyl (C=O) groups excluding carboxylic acids is 1. The van der Waals surface area contributed by atoms with E-state index < -0.39 is 0 Å². The molecular weight excluding hydrogens is 240 g/mol. The number of pyridine rings is 1. The van der Waals surface area contributed by atoms with Gasteiger partial charge in [0.05, 0.1) is 13.7 Å². The summed E-state index contributed by atoms with van der Waals surface area (Å²) in [5, 5.41) is 0. The molecule has 100 valence electrons. The zero-order chi connectivity index (χ0) is 13.7. The average Bonchev–Trinajstić information content (AvgIpc) is 2.88. The molecule has 0 aliphatic carbocycles. The lowest BCUT2D eigenvalue weighted by atomic mass is 10.1. The lowest BCUT2D eigenvalue weighted by Gasteiger charge is -2.07. The second kappa shape index (κ2) is 6.18. The summed E-state index contributed by atoms with van der Waals surface area (Å²) in [4.78, 5) is 15.9. The van der Waals surface area contributed by atoms with Gasteiger partial charge in [-0.05, 0) is 18.6 Å². The summed E-state index contributed by atoms with van der Waals surface area (Å²) in [6.07, 6.45) is 6.97. The van der Waals surface area contributed by atoms with Crippen molar-refractivity contribution < 1.29 is 9.53 Å². The van der Waals surface area contributed by atoms with Crippen LogP contribution in [0.5, 0.6) is 5.88 Å². The number of rotatable bonds is 6. The predicted octanol–water partition coefficient (Wildman–Crippen LogP) is 2.92. The van der Waals surface area contributed by atoms with Gasteiger partial charge < -0.3 is 9.30 Å². The highest BCUT2D eigenvalue weighted by Gasteiger charge is 2.08. The number of methoxy groups -OCH3 is 1. The molecule has 0 bridgehead atoms. The number of nitrogens with zero attached hydrogens (tertiary/aromatic N) is 2. The molecule has 19 heavy (non-hydrogen) atoms. The number of Topliss-reactive ketones (excluding diaryl/α,β-unsaturated/α-hetero) is 1. The number of carbonyl (C=O) groups is 1. The Bertz CT molecular complexity index is 561. The Hall–Kier alpha value is -2.10. The SMILES string of the molecule is CCCC(=O)c1ccn(Cc2cccnc2OC)c1. The molecule has 0 aliphatic rings. The Morgan fingerprint density at radius 2 is 2.26 bits per heavy atom. The smallest absolute Gasteiger partial charge is 0.218 e. The molecule has 4 nitrogen and oxygen atoms in total. The minimum absolute atomic E-state index is 0.194. The van der Waals surface area contributed by atoms with Crippen LogP contribution in [0.4, 0.5) is 0 Å². The Morgan fingerprint density at radius 3 is 3.00 bits per heavy atom. The molecule has 0 aromatic carbocycles. The Kier molecular flexibility index (Phi) is 4.34. The number of ketones is 1. The fraction of sp³-hybridized carbons (Fsp3) is 0.333. The summed E-state index contributed by atoms with van der Waals surface area (Å²) in [5.74, 6) is 0.817. The van der Waals surface area contributed by atoms with Gasteiger partial charge in [-0.2, -0.15) is 0 Å². The summed E-state index contributed by atoms with van der Waals surface area (Å²) in [5.41, 5.74) is 1.76. The fourth-order valence-electron chi connectivity index (χ4n) is 2.00. The van der Waals surface area contributed by atoms with E-state index in [1.54, 1.807) is 13.3 Å². The van der Waals surface area contributed by atoms with Crippen molar-refractivity contribution in [2.24, 2.45) is 0 Å². The van der Waals surface area contributed by atoms with Gasteiger partial charge in [-0.15, -0.1) is 0 Å². The predicted molar refractivity (Wildman–Crippen MR) is 73.6 cm³/mol. The molecule has 0 spiro atoms. The molecule has 4 heteroatoms. The Labute approximate surface area is 113 Å². The number of aromatic nitrogens is 2. The van der Waals surface area contributed by atoms with Crippen molar-refractivity contribution in [1.82, 2.24) is 9.55 Å². The van der Waals surface area contributed by atoms with Crippen LogP contribution in [0.2, 0.25) is 0 Å². The van der Waals surface area contributed by atoms with Crippen LogP contribution in [0.15, 0.2) is 36.8 Å². The van der Waals surface area contributed by atoms with Crippen molar-refractivity contribution in [2.45, 2.75) is 26.3 Å². The molecule has 0 amide bonds. The minimum Gasteiger partial charge on any atom is -0.481 e. The van der Waals surface area contributed by atoms with Crippen molar-refractivity contribution in [3.8, 4) is 5.88 Å². The third-order valence-corrected chi connectivity index (χ3v) is 2.95.